The van der Waals surface area contributed by atoms with E-state index in [2.05, 4.69) is 31.2 Å². The fourth-order valence-corrected chi connectivity index (χ4v) is 2.40. The van der Waals surface area contributed by atoms with Gasteiger partial charge in [0.25, 0.3) is 5.56 Å². The van der Waals surface area contributed by atoms with Gasteiger partial charge >= 0.3 is 0 Å². The molecular formula is C13H13BrN4O2S. The highest BCUT2D eigenvalue weighted by Gasteiger charge is 2.08. The standard InChI is InChI=1S/C13H13BrN4O2S/c1-8-12(19)18(13(21-3)17-16-8)15-7-9-6-10(14)4-5-11(9)20-2/h4-7H,1-3H3/b15-7-. The van der Waals surface area contributed by atoms with Crippen LogP contribution in [0.2, 0.25) is 0 Å². The van der Waals surface area contributed by atoms with E-state index in [0.29, 0.717) is 16.6 Å². The summed E-state index contributed by atoms with van der Waals surface area (Å²) in [5, 5.41) is 12.4. The lowest BCUT2D eigenvalue weighted by molar-refractivity contribution is 0.414. The molecule has 0 saturated carbocycles. The van der Waals surface area contributed by atoms with Gasteiger partial charge in [0.1, 0.15) is 11.4 Å². The Kier molecular flexibility index (Phi) is 5.13. The number of hydrogen-bond donors (Lipinski definition) is 0. The van der Waals surface area contributed by atoms with Crippen LogP contribution in [0.5, 0.6) is 5.75 Å². The van der Waals surface area contributed by atoms with Crippen molar-refractivity contribution in [1.82, 2.24) is 14.9 Å². The summed E-state index contributed by atoms with van der Waals surface area (Å²) in [6.07, 6.45) is 3.37. The number of halogens is 1. The summed E-state index contributed by atoms with van der Waals surface area (Å²) >= 11 is 4.70. The van der Waals surface area contributed by atoms with Gasteiger partial charge in [0.15, 0.2) is 0 Å². The maximum Gasteiger partial charge on any atom is 0.296 e. The van der Waals surface area contributed by atoms with Crippen molar-refractivity contribution in [3.63, 3.8) is 0 Å². The monoisotopic (exact) mass is 368 g/mol. The largest absolute Gasteiger partial charge is 0.496 e. The molecular weight excluding hydrogens is 356 g/mol. The van der Waals surface area contributed by atoms with E-state index < -0.39 is 0 Å². The van der Waals surface area contributed by atoms with Gasteiger partial charge in [-0.3, -0.25) is 4.79 Å². The molecule has 0 saturated heterocycles. The summed E-state index contributed by atoms with van der Waals surface area (Å²) in [6, 6.07) is 5.54. The highest BCUT2D eigenvalue weighted by atomic mass is 79.9. The van der Waals surface area contributed by atoms with Crippen LogP contribution in [0.25, 0.3) is 0 Å². The van der Waals surface area contributed by atoms with Crippen LogP contribution in [0.3, 0.4) is 0 Å². The molecule has 0 atom stereocenters. The minimum absolute atomic E-state index is 0.292. The first-order chi connectivity index (χ1) is 10.1. The van der Waals surface area contributed by atoms with Gasteiger partial charge in [-0.2, -0.15) is 9.78 Å². The van der Waals surface area contributed by atoms with Gasteiger partial charge in [-0.15, -0.1) is 10.2 Å². The quantitative estimate of drug-likeness (QED) is 0.611. The molecule has 0 aliphatic rings. The van der Waals surface area contributed by atoms with E-state index in [1.807, 2.05) is 24.5 Å². The number of methoxy groups -OCH3 is 1. The van der Waals surface area contributed by atoms with Crippen LogP contribution >= 0.6 is 27.7 Å². The minimum atomic E-state index is -0.292. The lowest BCUT2D eigenvalue weighted by Gasteiger charge is -2.06. The maximum atomic E-state index is 12.1. The SMILES string of the molecule is COc1ccc(Br)cc1/C=N\n1c(SC)nnc(C)c1=O. The molecule has 0 aliphatic carbocycles. The third-order valence-electron chi connectivity index (χ3n) is 2.66. The second-order valence-corrected chi connectivity index (χ2v) is 5.71. The van der Waals surface area contributed by atoms with Crippen molar-refractivity contribution in [3.05, 3.63) is 44.3 Å². The molecule has 0 aliphatic heterocycles. The van der Waals surface area contributed by atoms with E-state index in [0.717, 1.165) is 10.0 Å². The van der Waals surface area contributed by atoms with E-state index in [9.17, 15) is 4.79 Å². The maximum absolute atomic E-state index is 12.1. The Bertz CT molecular complexity index is 745. The van der Waals surface area contributed by atoms with Crippen molar-refractivity contribution in [2.24, 2.45) is 5.10 Å². The molecule has 0 bridgehead atoms. The van der Waals surface area contributed by atoms with Crippen molar-refractivity contribution < 1.29 is 4.74 Å². The highest BCUT2D eigenvalue weighted by molar-refractivity contribution is 9.10. The van der Waals surface area contributed by atoms with Gasteiger partial charge in [0.2, 0.25) is 5.16 Å². The first-order valence-electron chi connectivity index (χ1n) is 5.95. The molecule has 0 N–H and O–H groups in total. The average molecular weight is 369 g/mol. The van der Waals surface area contributed by atoms with Crippen LogP contribution in [0.4, 0.5) is 0 Å². The van der Waals surface area contributed by atoms with Crippen molar-refractivity contribution in [2.75, 3.05) is 13.4 Å². The Morgan fingerprint density at radius 3 is 2.86 bits per heavy atom. The molecule has 1 aromatic carbocycles. The fourth-order valence-electron chi connectivity index (χ4n) is 1.60. The molecule has 110 valence electrons. The highest BCUT2D eigenvalue weighted by Crippen LogP contribution is 2.21. The number of rotatable bonds is 4. The molecule has 0 radical (unpaired) electrons. The molecule has 0 amide bonds. The summed E-state index contributed by atoms with van der Waals surface area (Å²) in [6.45, 7) is 1.60. The lowest BCUT2D eigenvalue weighted by Crippen LogP contribution is -2.23. The van der Waals surface area contributed by atoms with E-state index in [1.54, 1.807) is 20.2 Å². The zero-order chi connectivity index (χ0) is 15.4. The summed E-state index contributed by atoms with van der Waals surface area (Å²) in [5.41, 5.74) is 0.756. The third-order valence-corrected chi connectivity index (χ3v) is 3.77. The average Bonchev–Trinajstić information content (AvgIpc) is 2.49. The second-order valence-electron chi connectivity index (χ2n) is 4.02. The number of aromatic nitrogens is 3. The van der Waals surface area contributed by atoms with Gasteiger partial charge < -0.3 is 4.74 Å². The molecule has 2 aromatic rings. The first kappa shape index (κ1) is 15.7. The zero-order valence-electron chi connectivity index (χ0n) is 11.7. The third kappa shape index (κ3) is 3.51. The van der Waals surface area contributed by atoms with Crippen LogP contribution in [0.15, 0.2) is 37.7 Å². The molecule has 6 nitrogen and oxygen atoms in total. The summed E-state index contributed by atoms with van der Waals surface area (Å²) < 4.78 is 7.39. The normalized spacial score (nSPS) is 11.0. The molecule has 0 spiro atoms. The van der Waals surface area contributed by atoms with Gasteiger partial charge in [-0.05, 0) is 31.4 Å². The number of nitrogens with zero attached hydrogens (tertiary/aromatic N) is 4. The molecule has 8 heteroatoms. The Morgan fingerprint density at radius 2 is 2.19 bits per heavy atom. The predicted molar refractivity (Wildman–Crippen MR) is 86.5 cm³/mol. The predicted octanol–water partition coefficient (Wildman–Crippen LogP) is 2.32. The summed E-state index contributed by atoms with van der Waals surface area (Å²) in [4.78, 5) is 12.1. The van der Waals surface area contributed by atoms with E-state index in [4.69, 9.17) is 4.74 Å². The molecule has 2 rings (SSSR count). The minimum Gasteiger partial charge on any atom is -0.496 e. The van der Waals surface area contributed by atoms with Crippen LogP contribution in [-0.4, -0.2) is 34.5 Å². The molecule has 21 heavy (non-hydrogen) atoms. The fraction of sp³-hybridized carbons (Fsp3) is 0.231. The Morgan fingerprint density at radius 1 is 1.43 bits per heavy atom. The van der Waals surface area contributed by atoms with E-state index >= 15 is 0 Å². The summed E-state index contributed by atoms with van der Waals surface area (Å²) in [5.74, 6) is 0.666. The smallest absolute Gasteiger partial charge is 0.296 e. The van der Waals surface area contributed by atoms with E-state index in [-0.39, 0.29) is 5.56 Å². The Hall–Kier alpha value is -1.67. The van der Waals surface area contributed by atoms with Crippen LogP contribution in [-0.2, 0) is 0 Å². The van der Waals surface area contributed by atoms with Gasteiger partial charge in [0, 0.05) is 10.0 Å². The number of hydrogen-bond acceptors (Lipinski definition) is 6. The van der Waals surface area contributed by atoms with Crippen LogP contribution < -0.4 is 10.3 Å². The topological polar surface area (TPSA) is 69.4 Å². The first-order valence-corrected chi connectivity index (χ1v) is 7.96. The number of thioether (sulfide) groups is 1. The van der Waals surface area contributed by atoms with Crippen LogP contribution in [0, 0.1) is 6.92 Å². The summed E-state index contributed by atoms with van der Waals surface area (Å²) in [7, 11) is 1.58. The van der Waals surface area contributed by atoms with Gasteiger partial charge in [0.05, 0.1) is 13.3 Å². The Labute approximate surface area is 134 Å². The molecule has 0 fully saturated rings. The zero-order valence-corrected chi connectivity index (χ0v) is 14.1. The van der Waals surface area contributed by atoms with Crippen molar-refractivity contribution in [3.8, 4) is 5.75 Å². The van der Waals surface area contributed by atoms with Crippen molar-refractivity contribution in [2.45, 2.75) is 12.1 Å². The van der Waals surface area contributed by atoms with Crippen molar-refractivity contribution in [1.29, 1.82) is 0 Å². The van der Waals surface area contributed by atoms with E-state index in [1.165, 1.54) is 16.4 Å². The number of ether oxygens (including phenoxy) is 1. The van der Waals surface area contributed by atoms with Gasteiger partial charge in [-0.25, -0.2) is 0 Å². The Balaban J connectivity index is 2.49. The molecule has 0 unspecified atom stereocenters. The number of benzene rings is 1. The van der Waals surface area contributed by atoms with Gasteiger partial charge in [-0.1, -0.05) is 27.7 Å². The lowest BCUT2D eigenvalue weighted by atomic mass is 10.2. The van der Waals surface area contributed by atoms with Crippen LogP contribution in [0.1, 0.15) is 11.3 Å². The molecule has 1 heterocycles. The second kappa shape index (κ2) is 6.86. The number of aryl methyl sites for hydroxylation is 1. The molecule has 1 aromatic heterocycles. The van der Waals surface area contributed by atoms with Crippen molar-refractivity contribution >= 4 is 33.9 Å².